The molecule has 102 valence electrons. The number of aryl methyl sites for hydroxylation is 3. The van der Waals surface area contributed by atoms with Crippen molar-refractivity contribution in [1.82, 2.24) is 29.5 Å². The van der Waals surface area contributed by atoms with Crippen molar-refractivity contribution >= 4 is 23.1 Å². The molecular weight excluding hydrogens is 256 g/mol. The van der Waals surface area contributed by atoms with Crippen molar-refractivity contribution < 1.29 is 0 Å². The molecule has 0 unspecified atom stereocenters. The zero-order valence-corrected chi connectivity index (χ0v) is 11.4. The maximum absolute atomic E-state index is 4.25. The fraction of sp³-hybridized carbons (Fsp3) is 0.250. The van der Waals surface area contributed by atoms with Crippen LogP contribution in [0.25, 0.3) is 11.0 Å². The largest absolute Gasteiger partial charge is 0.275 e. The van der Waals surface area contributed by atoms with Crippen LogP contribution in [0.2, 0.25) is 0 Å². The molecule has 3 heterocycles. The van der Waals surface area contributed by atoms with Crippen LogP contribution >= 0.6 is 0 Å². The van der Waals surface area contributed by atoms with E-state index in [1.165, 1.54) is 6.33 Å². The van der Waals surface area contributed by atoms with Crippen molar-refractivity contribution in [2.45, 2.75) is 6.92 Å². The molecule has 1 N–H and O–H groups in total. The van der Waals surface area contributed by atoms with Crippen LogP contribution in [0.4, 0.5) is 5.82 Å². The second kappa shape index (κ2) is 4.72. The zero-order valence-electron chi connectivity index (χ0n) is 11.4. The van der Waals surface area contributed by atoms with Crippen molar-refractivity contribution in [3.63, 3.8) is 0 Å². The third-order valence-corrected chi connectivity index (χ3v) is 2.95. The van der Waals surface area contributed by atoms with Gasteiger partial charge in [-0.25, -0.2) is 9.97 Å². The minimum atomic E-state index is 0.626. The van der Waals surface area contributed by atoms with Crippen molar-refractivity contribution in [1.29, 1.82) is 0 Å². The van der Waals surface area contributed by atoms with Gasteiger partial charge in [-0.2, -0.15) is 15.3 Å². The molecule has 0 radical (unpaired) electrons. The number of hydrogen-bond donors (Lipinski definition) is 1. The Balaban J connectivity index is 1.85. The quantitative estimate of drug-likeness (QED) is 0.563. The molecule has 8 nitrogen and oxygen atoms in total. The van der Waals surface area contributed by atoms with E-state index in [0.29, 0.717) is 5.82 Å². The number of anilines is 1. The van der Waals surface area contributed by atoms with E-state index < -0.39 is 0 Å². The SMILES string of the molecule is Cc1nn(C)cc1/C=N\Nc1ncnc2c1cnn2C. The lowest BCUT2D eigenvalue weighted by atomic mass is 10.3. The number of hydrazone groups is 1. The zero-order chi connectivity index (χ0) is 14.1. The van der Waals surface area contributed by atoms with E-state index in [-0.39, 0.29) is 0 Å². The van der Waals surface area contributed by atoms with Crippen LogP contribution in [0, 0.1) is 6.92 Å². The minimum Gasteiger partial charge on any atom is -0.275 e. The highest BCUT2D eigenvalue weighted by Crippen LogP contribution is 2.17. The van der Waals surface area contributed by atoms with E-state index in [1.807, 2.05) is 27.2 Å². The average Bonchev–Trinajstić information content (AvgIpc) is 2.94. The van der Waals surface area contributed by atoms with Gasteiger partial charge in [-0.15, -0.1) is 0 Å². The Hall–Kier alpha value is -2.77. The normalized spacial score (nSPS) is 11.6. The summed E-state index contributed by atoms with van der Waals surface area (Å²) in [6.07, 6.45) is 6.81. The fourth-order valence-corrected chi connectivity index (χ4v) is 1.96. The minimum absolute atomic E-state index is 0.626. The van der Waals surface area contributed by atoms with Crippen LogP contribution in [-0.2, 0) is 14.1 Å². The molecule has 20 heavy (non-hydrogen) atoms. The number of aromatic nitrogens is 6. The molecule has 8 heteroatoms. The molecule has 3 aromatic heterocycles. The maximum atomic E-state index is 4.25. The van der Waals surface area contributed by atoms with Crippen LogP contribution in [0.5, 0.6) is 0 Å². The standard InChI is InChI=1S/C12H14N8/c1-8-9(6-19(2)18-8)4-15-17-11-10-5-16-20(3)12(10)14-7-13-11/h4-7H,1-3H3,(H,13,14,17)/b15-4-. The highest BCUT2D eigenvalue weighted by Gasteiger charge is 2.06. The smallest absolute Gasteiger partial charge is 0.163 e. The van der Waals surface area contributed by atoms with Gasteiger partial charge in [0.05, 0.1) is 23.5 Å². The van der Waals surface area contributed by atoms with Gasteiger partial charge in [-0.3, -0.25) is 14.8 Å². The van der Waals surface area contributed by atoms with Crippen LogP contribution in [0.15, 0.2) is 23.8 Å². The van der Waals surface area contributed by atoms with Crippen LogP contribution in [0.3, 0.4) is 0 Å². The number of fused-ring (bicyclic) bond motifs is 1. The van der Waals surface area contributed by atoms with Gasteiger partial charge < -0.3 is 0 Å². The third-order valence-electron chi connectivity index (χ3n) is 2.95. The molecule has 0 fully saturated rings. The first kappa shape index (κ1) is 12.3. The number of rotatable bonds is 3. The van der Waals surface area contributed by atoms with E-state index in [0.717, 1.165) is 22.3 Å². The molecule has 0 aliphatic heterocycles. The first-order chi connectivity index (χ1) is 9.65. The summed E-state index contributed by atoms with van der Waals surface area (Å²) in [7, 11) is 3.71. The number of hydrogen-bond acceptors (Lipinski definition) is 6. The topological polar surface area (TPSA) is 85.8 Å². The van der Waals surface area contributed by atoms with Gasteiger partial charge in [-0.1, -0.05) is 0 Å². The summed E-state index contributed by atoms with van der Waals surface area (Å²) in [4.78, 5) is 8.34. The van der Waals surface area contributed by atoms with Crippen molar-refractivity contribution in [3.8, 4) is 0 Å². The van der Waals surface area contributed by atoms with E-state index in [9.17, 15) is 0 Å². The van der Waals surface area contributed by atoms with Crippen molar-refractivity contribution in [2.75, 3.05) is 5.43 Å². The maximum Gasteiger partial charge on any atom is 0.163 e. The molecule has 0 spiro atoms. The van der Waals surface area contributed by atoms with Gasteiger partial charge in [0.25, 0.3) is 0 Å². The lowest BCUT2D eigenvalue weighted by molar-refractivity contribution is 0.756. The van der Waals surface area contributed by atoms with E-state index >= 15 is 0 Å². The van der Waals surface area contributed by atoms with E-state index in [2.05, 4.69) is 30.7 Å². The Morgan fingerprint density at radius 3 is 2.90 bits per heavy atom. The van der Waals surface area contributed by atoms with Gasteiger partial charge in [0.15, 0.2) is 11.5 Å². The summed E-state index contributed by atoms with van der Waals surface area (Å²) < 4.78 is 3.44. The molecule has 0 atom stereocenters. The first-order valence-corrected chi connectivity index (χ1v) is 6.07. The van der Waals surface area contributed by atoms with Crippen LogP contribution in [-0.4, -0.2) is 35.7 Å². The Morgan fingerprint density at radius 2 is 2.15 bits per heavy atom. The van der Waals surface area contributed by atoms with E-state index in [4.69, 9.17) is 0 Å². The van der Waals surface area contributed by atoms with Crippen molar-refractivity contribution in [3.05, 3.63) is 30.0 Å². The van der Waals surface area contributed by atoms with Gasteiger partial charge in [-0.05, 0) is 6.92 Å². The number of nitrogens with zero attached hydrogens (tertiary/aromatic N) is 7. The molecule has 0 aliphatic carbocycles. The summed E-state index contributed by atoms with van der Waals surface area (Å²) in [5, 5.41) is 13.4. The lowest BCUT2D eigenvalue weighted by Gasteiger charge is -1.99. The Labute approximate surface area is 115 Å². The Bertz CT molecular complexity index is 782. The summed E-state index contributed by atoms with van der Waals surface area (Å²) in [6.45, 7) is 1.94. The monoisotopic (exact) mass is 270 g/mol. The summed E-state index contributed by atoms with van der Waals surface area (Å²) in [6, 6.07) is 0. The summed E-state index contributed by atoms with van der Waals surface area (Å²) >= 11 is 0. The predicted octanol–water partition coefficient (Wildman–Crippen LogP) is 0.851. The number of nitrogens with one attached hydrogen (secondary N) is 1. The summed E-state index contributed by atoms with van der Waals surface area (Å²) in [5.74, 6) is 0.626. The molecular formula is C12H14N8. The lowest BCUT2D eigenvalue weighted by Crippen LogP contribution is -1.97. The first-order valence-electron chi connectivity index (χ1n) is 6.07. The molecule has 0 saturated heterocycles. The molecule has 0 aromatic carbocycles. The molecule has 0 saturated carbocycles. The van der Waals surface area contributed by atoms with Crippen LogP contribution < -0.4 is 5.43 Å². The van der Waals surface area contributed by atoms with Gasteiger partial charge in [0, 0.05) is 25.9 Å². The van der Waals surface area contributed by atoms with Crippen molar-refractivity contribution in [2.24, 2.45) is 19.2 Å². The van der Waals surface area contributed by atoms with E-state index in [1.54, 1.807) is 21.8 Å². The van der Waals surface area contributed by atoms with Gasteiger partial charge >= 0.3 is 0 Å². The Morgan fingerprint density at radius 1 is 1.30 bits per heavy atom. The molecule has 0 amide bonds. The van der Waals surface area contributed by atoms with Gasteiger partial charge in [0.1, 0.15) is 6.33 Å². The second-order valence-corrected chi connectivity index (χ2v) is 4.44. The Kier molecular flexibility index (Phi) is 2.90. The third kappa shape index (κ3) is 2.11. The van der Waals surface area contributed by atoms with Crippen LogP contribution in [0.1, 0.15) is 11.3 Å². The summed E-state index contributed by atoms with van der Waals surface area (Å²) in [5.41, 5.74) is 5.55. The second-order valence-electron chi connectivity index (χ2n) is 4.44. The highest BCUT2D eigenvalue weighted by molar-refractivity contribution is 5.87. The molecule has 0 bridgehead atoms. The molecule has 3 aromatic rings. The van der Waals surface area contributed by atoms with Gasteiger partial charge in [0.2, 0.25) is 0 Å². The molecule has 0 aliphatic rings. The highest BCUT2D eigenvalue weighted by atomic mass is 15.3. The molecule has 3 rings (SSSR count). The fourth-order valence-electron chi connectivity index (χ4n) is 1.96. The predicted molar refractivity (Wildman–Crippen MR) is 75.5 cm³/mol. The average molecular weight is 270 g/mol.